The fourth-order valence-electron chi connectivity index (χ4n) is 2.00. The highest BCUT2D eigenvalue weighted by Gasteiger charge is 2.07. The summed E-state index contributed by atoms with van der Waals surface area (Å²) in [7, 11) is 0. The number of rotatable bonds is 2. The van der Waals surface area contributed by atoms with Gasteiger partial charge in [-0.05, 0) is 17.2 Å². The summed E-state index contributed by atoms with van der Waals surface area (Å²) < 4.78 is 13.7. The highest BCUT2D eigenvalue weighted by Crippen LogP contribution is 2.26. The predicted octanol–water partition coefficient (Wildman–Crippen LogP) is 3.95. The first-order valence-corrected chi connectivity index (χ1v) is 5.96. The Bertz CT molecular complexity index is 696. The highest BCUT2D eigenvalue weighted by molar-refractivity contribution is 5.71. The Morgan fingerprint density at radius 3 is 2.32 bits per heavy atom. The molecule has 0 unspecified atom stereocenters. The van der Waals surface area contributed by atoms with E-state index in [0.29, 0.717) is 5.69 Å². The average Bonchev–Trinajstić information content (AvgIpc) is 2.49. The molecule has 1 heterocycles. The lowest BCUT2D eigenvalue weighted by Gasteiger charge is -2.05. The summed E-state index contributed by atoms with van der Waals surface area (Å²) >= 11 is 0. The van der Waals surface area contributed by atoms with Crippen molar-refractivity contribution in [1.82, 2.24) is 9.97 Å². The van der Waals surface area contributed by atoms with Gasteiger partial charge in [0.25, 0.3) is 0 Å². The zero-order valence-electron chi connectivity index (χ0n) is 10.1. The van der Waals surface area contributed by atoms with E-state index < -0.39 is 5.82 Å². The Morgan fingerprint density at radius 1 is 0.789 bits per heavy atom. The first kappa shape index (κ1) is 11.5. The largest absolute Gasteiger partial charge is 0.242 e. The Kier molecular flexibility index (Phi) is 3.02. The lowest BCUT2D eigenvalue weighted by Crippen LogP contribution is -1.90. The molecule has 0 atom stereocenters. The molecular weight excluding hydrogens is 239 g/mol. The van der Waals surface area contributed by atoms with E-state index in [1.807, 2.05) is 54.6 Å². The van der Waals surface area contributed by atoms with Gasteiger partial charge in [-0.2, -0.15) is 0 Å². The maximum atomic E-state index is 13.7. The van der Waals surface area contributed by atoms with Crippen LogP contribution in [0.4, 0.5) is 4.39 Å². The molecule has 0 saturated heterocycles. The van der Waals surface area contributed by atoms with E-state index in [0.717, 1.165) is 16.7 Å². The maximum absolute atomic E-state index is 13.7. The minimum Gasteiger partial charge on any atom is -0.242 e. The SMILES string of the molecule is Fc1cncnc1-c1cccc(-c2ccccc2)c1. The first-order chi connectivity index (χ1) is 9.34. The van der Waals surface area contributed by atoms with Crippen molar-refractivity contribution in [3.63, 3.8) is 0 Å². The molecule has 2 nitrogen and oxygen atoms in total. The number of hydrogen-bond donors (Lipinski definition) is 0. The minimum atomic E-state index is -0.410. The topological polar surface area (TPSA) is 25.8 Å². The molecule has 0 aliphatic heterocycles. The van der Waals surface area contributed by atoms with Crippen molar-refractivity contribution in [2.75, 3.05) is 0 Å². The van der Waals surface area contributed by atoms with Crippen LogP contribution in [0.2, 0.25) is 0 Å². The normalized spacial score (nSPS) is 10.4. The molecule has 0 aliphatic rings. The van der Waals surface area contributed by atoms with Gasteiger partial charge in [0.15, 0.2) is 5.82 Å². The first-order valence-electron chi connectivity index (χ1n) is 5.96. The van der Waals surface area contributed by atoms with Crippen molar-refractivity contribution < 1.29 is 4.39 Å². The predicted molar refractivity (Wildman–Crippen MR) is 72.9 cm³/mol. The lowest BCUT2D eigenvalue weighted by atomic mass is 10.0. The van der Waals surface area contributed by atoms with Crippen LogP contribution in [-0.2, 0) is 0 Å². The standard InChI is InChI=1S/C16H11FN2/c17-15-10-18-11-19-16(15)14-8-4-7-13(9-14)12-5-2-1-3-6-12/h1-11H. The van der Waals surface area contributed by atoms with Gasteiger partial charge in [-0.3, -0.25) is 0 Å². The third kappa shape index (κ3) is 2.36. The van der Waals surface area contributed by atoms with E-state index in [4.69, 9.17) is 0 Å². The zero-order valence-corrected chi connectivity index (χ0v) is 10.1. The molecule has 92 valence electrons. The number of aromatic nitrogens is 2. The molecule has 0 N–H and O–H groups in total. The average molecular weight is 250 g/mol. The number of nitrogens with zero attached hydrogens (tertiary/aromatic N) is 2. The fourth-order valence-corrected chi connectivity index (χ4v) is 2.00. The van der Waals surface area contributed by atoms with Gasteiger partial charge < -0.3 is 0 Å². The summed E-state index contributed by atoms with van der Waals surface area (Å²) in [5.41, 5.74) is 3.21. The summed E-state index contributed by atoms with van der Waals surface area (Å²) in [4.78, 5) is 7.66. The molecule has 0 spiro atoms. The van der Waals surface area contributed by atoms with E-state index in [-0.39, 0.29) is 0 Å². The van der Waals surface area contributed by atoms with Gasteiger partial charge in [-0.15, -0.1) is 0 Å². The van der Waals surface area contributed by atoms with Crippen molar-refractivity contribution in [2.45, 2.75) is 0 Å². The number of hydrogen-bond acceptors (Lipinski definition) is 2. The molecule has 0 radical (unpaired) electrons. The molecule has 3 heteroatoms. The minimum absolute atomic E-state index is 0.327. The second kappa shape index (κ2) is 4.98. The van der Waals surface area contributed by atoms with Gasteiger partial charge >= 0.3 is 0 Å². The van der Waals surface area contributed by atoms with E-state index in [2.05, 4.69) is 9.97 Å². The van der Waals surface area contributed by atoms with E-state index >= 15 is 0 Å². The molecule has 0 fully saturated rings. The van der Waals surface area contributed by atoms with Crippen LogP contribution in [0.3, 0.4) is 0 Å². The fraction of sp³-hybridized carbons (Fsp3) is 0. The summed E-state index contributed by atoms with van der Waals surface area (Å²) in [5, 5.41) is 0. The Hall–Kier alpha value is -2.55. The summed E-state index contributed by atoms with van der Waals surface area (Å²) in [6.45, 7) is 0. The van der Waals surface area contributed by atoms with E-state index in [9.17, 15) is 4.39 Å². The monoisotopic (exact) mass is 250 g/mol. The van der Waals surface area contributed by atoms with E-state index in [1.54, 1.807) is 0 Å². The van der Waals surface area contributed by atoms with Crippen LogP contribution >= 0.6 is 0 Å². The summed E-state index contributed by atoms with van der Waals surface area (Å²) in [6.07, 6.45) is 2.53. The van der Waals surface area contributed by atoms with Crippen LogP contribution in [0.5, 0.6) is 0 Å². The third-order valence-electron chi connectivity index (χ3n) is 2.91. The van der Waals surface area contributed by atoms with Gasteiger partial charge in [-0.25, -0.2) is 14.4 Å². The molecule has 2 aromatic carbocycles. The van der Waals surface area contributed by atoms with Crippen molar-refractivity contribution >= 4 is 0 Å². The molecule has 1 aromatic heterocycles. The molecule has 0 amide bonds. The number of halogens is 1. The van der Waals surface area contributed by atoms with Gasteiger partial charge in [0.1, 0.15) is 12.0 Å². The quantitative estimate of drug-likeness (QED) is 0.688. The third-order valence-corrected chi connectivity index (χ3v) is 2.91. The van der Waals surface area contributed by atoms with Crippen molar-refractivity contribution in [1.29, 1.82) is 0 Å². The molecule has 3 aromatic rings. The van der Waals surface area contributed by atoms with Crippen LogP contribution in [-0.4, -0.2) is 9.97 Å². The van der Waals surface area contributed by atoms with Crippen LogP contribution in [0.15, 0.2) is 67.1 Å². The Labute approximate surface area is 110 Å². The van der Waals surface area contributed by atoms with Gasteiger partial charge in [0.2, 0.25) is 0 Å². The second-order valence-corrected chi connectivity index (χ2v) is 4.17. The van der Waals surface area contributed by atoms with Crippen molar-refractivity contribution in [3.05, 3.63) is 72.9 Å². The van der Waals surface area contributed by atoms with Crippen LogP contribution < -0.4 is 0 Å². The number of benzene rings is 2. The smallest absolute Gasteiger partial charge is 0.167 e. The van der Waals surface area contributed by atoms with Gasteiger partial charge in [0.05, 0.1) is 6.20 Å². The van der Waals surface area contributed by atoms with Crippen LogP contribution in [0.1, 0.15) is 0 Å². The molecule has 19 heavy (non-hydrogen) atoms. The van der Waals surface area contributed by atoms with Crippen LogP contribution in [0, 0.1) is 5.82 Å². The summed E-state index contributed by atoms with van der Waals surface area (Å²) in [5.74, 6) is -0.410. The molecular formula is C16H11FN2. The Morgan fingerprint density at radius 2 is 1.53 bits per heavy atom. The second-order valence-electron chi connectivity index (χ2n) is 4.17. The molecule has 3 rings (SSSR count). The maximum Gasteiger partial charge on any atom is 0.167 e. The van der Waals surface area contributed by atoms with Crippen molar-refractivity contribution in [2.24, 2.45) is 0 Å². The summed E-state index contributed by atoms with van der Waals surface area (Å²) in [6, 6.07) is 17.7. The highest BCUT2D eigenvalue weighted by atomic mass is 19.1. The van der Waals surface area contributed by atoms with Crippen LogP contribution in [0.25, 0.3) is 22.4 Å². The lowest BCUT2D eigenvalue weighted by molar-refractivity contribution is 0.618. The van der Waals surface area contributed by atoms with Gasteiger partial charge in [-0.1, -0.05) is 48.5 Å². The Balaban J connectivity index is 2.09. The van der Waals surface area contributed by atoms with Gasteiger partial charge in [0, 0.05) is 5.56 Å². The zero-order chi connectivity index (χ0) is 13.1. The van der Waals surface area contributed by atoms with E-state index in [1.165, 1.54) is 12.5 Å². The molecule has 0 saturated carbocycles. The van der Waals surface area contributed by atoms with Crippen molar-refractivity contribution in [3.8, 4) is 22.4 Å². The molecule has 0 bridgehead atoms. The molecule has 0 aliphatic carbocycles.